The fraction of sp³-hybridized carbons (Fsp3) is 0.455. The summed E-state index contributed by atoms with van der Waals surface area (Å²) in [7, 11) is 1.33. The summed E-state index contributed by atoms with van der Waals surface area (Å²) in [5.74, 6) is -5.09. The number of benzene rings is 1. The van der Waals surface area contributed by atoms with Crippen molar-refractivity contribution >= 4 is 22.2 Å². The minimum atomic E-state index is -3.05. The van der Waals surface area contributed by atoms with E-state index in [1.165, 1.54) is 36.0 Å². The second-order valence-corrected chi connectivity index (χ2v) is 9.55. The third-order valence-electron chi connectivity index (χ3n) is 6.47. The third-order valence-corrected chi connectivity index (χ3v) is 7.70. The number of alkyl halides is 2. The number of nitrogens with one attached hydrogen (secondary N) is 1. The van der Waals surface area contributed by atoms with E-state index >= 15 is 4.39 Å². The molecule has 1 aromatic carbocycles. The van der Waals surface area contributed by atoms with Crippen molar-refractivity contribution in [2.24, 2.45) is 0 Å². The molecule has 170 valence electrons. The number of aromatic amines is 1. The normalized spacial score (nSPS) is 19.9. The number of aromatic nitrogens is 2. The summed E-state index contributed by atoms with van der Waals surface area (Å²) in [6.07, 6.45) is 1.22. The van der Waals surface area contributed by atoms with Gasteiger partial charge in [0.05, 0.1) is 30.6 Å². The molecule has 6 nitrogen and oxygen atoms in total. The lowest BCUT2D eigenvalue weighted by Gasteiger charge is -2.30. The zero-order valence-electron chi connectivity index (χ0n) is 17.4. The van der Waals surface area contributed by atoms with E-state index in [1.54, 1.807) is 0 Å². The summed E-state index contributed by atoms with van der Waals surface area (Å²) in [5.41, 5.74) is -0.681. The van der Waals surface area contributed by atoms with Crippen LogP contribution in [0.2, 0.25) is 0 Å². The molecule has 2 heterocycles. The zero-order chi connectivity index (χ0) is 22.9. The first-order valence-electron chi connectivity index (χ1n) is 10.4. The maximum Gasteiger partial charge on any atom is 0.329 e. The van der Waals surface area contributed by atoms with Crippen molar-refractivity contribution in [1.82, 2.24) is 9.55 Å². The Balaban J connectivity index is 1.85. The highest BCUT2D eigenvalue weighted by molar-refractivity contribution is 7.15. The molecule has 1 fully saturated rings. The van der Waals surface area contributed by atoms with Crippen LogP contribution >= 0.6 is 11.3 Å². The van der Waals surface area contributed by atoms with Gasteiger partial charge in [-0.2, -0.15) is 0 Å². The lowest BCUT2D eigenvalue weighted by molar-refractivity contribution is -0.0554. The lowest BCUT2D eigenvalue weighted by Crippen LogP contribution is -2.33. The predicted molar refractivity (Wildman–Crippen MR) is 115 cm³/mol. The second-order valence-electron chi connectivity index (χ2n) is 8.42. The number of ether oxygens (including phenoxy) is 1. The Hall–Kier alpha value is -2.59. The Morgan fingerprint density at radius 2 is 2.06 bits per heavy atom. The monoisotopic (exact) mass is 466 g/mol. The highest BCUT2D eigenvalue weighted by Crippen LogP contribution is 2.51. The van der Waals surface area contributed by atoms with Gasteiger partial charge in [0.25, 0.3) is 11.5 Å². The number of aliphatic hydroxyl groups excluding tert-OH is 1. The average molecular weight is 466 g/mol. The summed E-state index contributed by atoms with van der Waals surface area (Å²) in [5, 5.41) is 9.65. The van der Waals surface area contributed by atoms with Gasteiger partial charge in [-0.3, -0.25) is 14.3 Å². The van der Waals surface area contributed by atoms with Gasteiger partial charge in [0.15, 0.2) is 5.75 Å². The Bertz CT molecular complexity index is 1370. The summed E-state index contributed by atoms with van der Waals surface area (Å²) >= 11 is 1.17. The number of aliphatic hydroxyl groups is 1. The quantitative estimate of drug-likeness (QED) is 0.612. The lowest BCUT2D eigenvalue weighted by atomic mass is 9.84. The molecule has 2 aliphatic carbocycles. The predicted octanol–water partition coefficient (Wildman–Crippen LogP) is 3.87. The van der Waals surface area contributed by atoms with Gasteiger partial charge in [-0.15, -0.1) is 11.3 Å². The molecule has 5 rings (SSSR count). The summed E-state index contributed by atoms with van der Waals surface area (Å²) in [6.45, 7) is 0.735. The molecule has 3 aromatic rings. The maximum absolute atomic E-state index is 15.7. The highest BCUT2D eigenvalue weighted by Gasteiger charge is 2.45. The van der Waals surface area contributed by atoms with E-state index in [0.717, 1.165) is 12.8 Å². The second kappa shape index (κ2) is 7.21. The smallest absolute Gasteiger partial charge is 0.329 e. The summed E-state index contributed by atoms with van der Waals surface area (Å²) < 4.78 is 51.4. The van der Waals surface area contributed by atoms with E-state index < -0.39 is 41.9 Å². The van der Waals surface area contributed by atoms with E-state index in [9.17, 15) is 23.5 Å². The number of hydrogen-bond acceptors (Lipinski definition) is 5. The summed E-state index contributed by atoms with van der Waals surface area (Å²) in [4.78, 5) is 28.5. The van der Waals surface area contributed by atoms with Crippen LogP contribution in [0.15, 0.2) is 15.7 Å². The first kappa shape index (κ1) is 21.3. The molecule has 2 aliphatic rings. The van der Waals surface area contributed by atoms with Gasteiger partial charge in [-0.05, 0) is 37.8 Å². The van der Waals surface area contributed by atoms with E-state index in [-0.39, 0.29) is 40.2 Å². The van der Waals surface area contributed by atoms with Crippen molar-refractivity contribution in [3.63, 3.8) is 0 Å². The van der Waals surface area contributed by atoms with E-state index in [2.05, 4.69) is 4.98 Å². The van der Waals surface area contributed by atoms with E-state index in [0.29, 0.717) is 15.3 Å². The molecule has 0 saturated heterocycles. The Morgan fingerprint density at radius 1 is 1.34 bits per heavy atom. The van der Waals surface area contributed by atoms with Gasteiger partial charge < -0.3 is 9.84 Å². The molecular weight excluding hydrogens is 445 g/mol. The first-order chi connectivity index (χ1) is 15.2. The van der Waals surface area contributed by atoms with Gasteiger partial charge in [0.2, 0.25) is 0 Å². The summed E-state index contributed by atoms with van der Waals surface area (Å²) in [6, 6.07) is 1.36. The molecule has 0 aliphatic heterocycles. The molecule has 2 N–H and O–H groups in total. The molecule has 1 atom stereocenters. The van der Waals surface area contributed by atoms with Crippen LogP contribution < -0.4 is 16.0 Å². The Morgan fingerprint density at radius 3 is 2.69 bits per heavy atom. The van der Waals surface area contributed by atoms with Crippen molar-refractivity contribution in [2.75, 3.05) is 13.7 Å². The van der Waals surface area contributed by atoms with Crippen molar-refractivity contribution in [3.8, 4) is 16.2 Å². The number of fused-ring (bicyclic) bond motifs is 2. The number of aryl methyl sites for hydroxylation is 2. The minimum absolute atomic E-state index is 0.0316. The van der Waals surface area contributed by atoms with Gasteiger partial charge >= 0.3 is 5.69 Å². The number of rotatable bonds is 4. The number of methoxy groups -OCH3 is 1. The third kappa shape index (κ3) is 2.96. The van der Waals surface area contributed by atoms with Crippen molar-refractivity contribution in [2.45, 2.75) is 50.5 Å². The SMILES string of the molecule is COc1c(-c2cc3c(s2)CCC(F)(F)C3CO)c(F)c(C)c2c(=O)[nH]c(=O)n(C3CC3)c12. The number of halogens is 3. The fourth-order valence-corrected chi connectivity index (χ4v) is 5.96. The van der Waals surface area contributed by atoms with Crippen LogP contribution in [0.5, 0.6) is 5.75 Å². The van der Waals surface area contributed by atoms with Crippen molar-refractivity contribution < 1.29 is 23.0 Å². The molecule has 1 saturated carbocycles. The van der Waals surface area contributed by atoms with Gasteiger partial charge in [0, 0.05) is 27.8 Å². The molecule has 32 heavy (non-hydrogen) atoms. The van der Waals surface area contributed by atoms with Gasteiger partial charge in [-0.25, -0.2) is 18.0 Å². The van der Waals surface area contributed by atoms with Crippen LogP contribution in [-0.2, 0) is 6.42 Å². The standard InChI is InChI=1S/C22H21F3N2O4S/c1-9-15-18(27(10-3-4-10)21(30)26-20(15)29)19(31-2)16(17(9)23)14-7-11-12(8-28)22(24,25)6-5-13(11)32-14/h7,10,12,28H,3-6,8H2,1-2H3,(H,26,29,30). The van der Waals surface area contributed by atoms with Crippen molar-refractivity contribution in [3.05, 3.63) is 48.7 Å². The highest BCUT2D eigenvalue weighted by atomic mass is 32.1. The molecule has 0 amide bonds. The number of hydrogen-bond donors (Lipinski definition) is 2. The molecule has 10 heteroatoms. The van der Waals surface area contributed by atoms with Gasteiger partial charge in [0.1, 0.15) is 11.3 Å². The van der Waals surface area contributed by atoms with E-state index in [1.807, 2.05) is 0 Å². The zero-order valence-corrected chi connectivity index (χ0v) is 18.2. The van der Waals surface area contributed by atoms with Crippen molar-refractivity contribution in [1.29, 1.82) is 0 Å². The largest absolute Gasteiger partial charge is 0.494 e. The molecular formula is C22H21F3N2O4S. The molecule has 0 radical (unpaired) electrons. The molecule has 0 bridgehead atoms. The van der Waals surface area contributed by atoms with Crippen LogP contribution in [-0.4, -0.2) is 34.3 Å². The Kier molecular flexibility index (Phi) is 4.79. The maximum atomic E-state index is 15.7. The molecule has 1 unspecified atom stereocenters. The van der Waals surface area contributed by atoms with Crippen LogP contribution in [0.4, 0.5) is 13.2 Å². The average Bonchev–Trinajstić information content (AvgIpc) is 3.48. The fourth-order valence-electron chi connectivity index (χ4n) is 4.71. The minimum Gasteiger partial charge on any atom is -0.494 e. The van der Waals surface area contributed by atoms with Crippen LogP contribution in [0.25, 0.3) is 21.3 Å². The van der Waals surface area contributed by atoms with Crippen LogP contribution in [0.3, 0.4) is 0 Å². The Labute approximate surface area is 184 Å². The number of nitrogens with zero attached hydrogens (tertiary/aromatic N) is 1. The molecule has 0 spiro atoms. The number of thiophene rings is 1. The number of H-pyrrole nitrogens is 1. The van der Waals surface area contributed by atoms with Crippen LogP contribution in [0, 0.1) is 12.7 Å². The van der Waals surface area contributed by atoms with E-state index in [4.69, 9.17) is 4.74 Å². The van der Waals surface area contributed by atoms with Crippen LogP contribution in [0.1, 0.15) is 47.2 Å². The first-order valence-corrected chi connectivity index (χ1v) is 11.2. The molecule has 2 aromatic heterocycles. The van der Waals surface area contributed by atoms with Gasteiger partial charge in [-0.1, -0.05) is 0 Å². The topological polar surface area (TPSA) is 84.3 Å².